The second-order valence-electron chi connectivity index (χ2n) is 3.71. The highest BCUT2D eigenvalue weighted by molar-refractivity contribution is 6.30. The number of hydrogen-bond donors (Lipinski definition) is 1. The van der Waals surface area contributed by atoms with Gasteiger partial charge in [0.1, 0.15) is 0 Å². The summed E-state index contributed by atoms with van der Waals surface area (Å²) in [5, 5.41) is 4.24. The van der Waals surface area contributed by atoms with Gasteiger partial charge in [0, 0.05) is 11.1 Å². The van der Waals surface area contributed by atoms with Crippen LogP contribution in [-0.4, -0.2) is 12.6 Å². The van der Waals surface area contributed by atoms with E-state index in [-0.39, 0.29) is 0 Å². The zero-order valence-electron chi connectivity index (χ0n) is 7.81. The van der Waals surface area contributed by atoms with Crippen molar-refractivity contribution in [2.75, 3.05) is 6.54 Å². The zero-order chi connectivity index (χ0) is 9.26. The molecule has 0 amide bonds. The van der Waals surface area contributed by atoms with Crippen LogP contribution in [0.15, 0.2) is 18.2 Å². The quantitative estimate of drug-likeness (QED) is 0.765. The number of aryl methyl sites for hydroxylation is 1. The van der Waals surface area contributed by atoms with Crippen LogP contribution in [0.3, 0.4) is 0 Å². The number of hydrogen-bond acceptors (Lipinski definition) is 1. The molecule has 0 aromatic heterocycles. The largest absolute Gasteiger partial charge is 0.314 e. The van der Waals surface area contributed by atoms with E-state index in [1.165, 1.54) is 24.1 Å². The Morgan fingerprint density at radius 3 is 2.92 bits per heavy atom. The van der Waals surface area contributed by atoms with Crippen LogP contribution in [-0.2, 0) is 6.42 Å². The first kappa shape index (κ1) is 9.04. The Kier molecular flexibility index (Phi) is 2.56. The Hall–Kier alpha value is -0.530. The molecule has 1 N–H and O–H groups in total. The average molecular weight is 196 g/mol. The van der Waals surface area contributed by atoms with Gasteiger partial charge >= 0.3 is 0 Å². The highest BCUT2D eigenvalue weighted by Gasteiger charge is 2.17. The standard InChI is InChI=1S/C11H14ClN/c1-8-2-3-10(12)6-9(8)7-11-4-5-13-11/h2-3,6,11,13H,4-5,7H2,1H3. The second-order valence-corrected chi connectivity index (χ2v) is 4.15. The van der Waals surface area contributed by atoms with Crippen molar-refractivity contribution in [3.8, 4) is 0 Å². The Labute approximate surface area is 84.1 Å². The third-order valence-electron chi connectivity index (χ3n) is 2.70. The molecular weight excluding hydrogens is 182 g/mol. The fourth-order valence-corrected chi connectivity index (χ4v) is 1.84. The fourth-order valence-electron chi connectivity index (χ4n) is 1.65. The first-order valence-electron chi connectivity index (χ1n) is 4.74. The van der Waals surface area contributed by atoms with E-state index in [0.29, 0.717) is 6.04 Å². The normalized spacial score (nSPS) is 21.2. The fraction of sp³-hybridized carbons (Fsp3) is 0.455. The molecular formula is C11H14ClN. The van der Waals surface area contributed by atoms with E-state index in [0.717, 1.165) is 11.4 Å². The van der Waals surface area contributed by atoms with Crippen LogP contribution >= 0.6 is 11.6 Å². The van der Waals surface area contributed by atoms with Crippen LogP contribution in [0.1, 0.15) is 17.5 Å². The topological polar surface area (TPSA) is 12.0 Å². The minimum atomic E-state index is 0.678. The van der Waals surface area contributed by atoms with Gasteiger partial charge in [-0.25, -0.2) is 0 Å². The smallest absolute Gasteiger partial charge is 0.0408 e. The summed E-state index contributed by atoms with van der Waals surface area (Å²) in [6.07, 6.45) is 2.42. The Bertz CT molecular complexity index is 305. The molecule has 70 valence electrons. The van der Waals surface area contributed by atoms with Crippen LogP contribution in [0.4, 0.5) is 0 Å². The minimum absolute atomic E-state index is 0.678. The third-order valence-corrected chi connectivity index (χ3v) is 2.94. The lowest BCUT2D eigenvalue weighted by Gasteiger charge is -2.28. The van der Waals surface area contributed by atoms with Gasteiger partial charge < -0.3 is 5.32 Å². The molecule has 1 aromatic rings. The van der Waals surface area contributed by atoms with Crippen molar-refractivity contribution >= 4 is 11.6 Å². The van der Waals surface area contributed by atoms with E-state index in [1.807, 2.05) is 6.07 Å². The van der Waals surface area contributed by atoms with E-state index in [4.69, 9.17) is 11.6 Å². The van der Waals surface area contributed by atoms with Crippen molar-refractivity contribution in [2.24, 2.45) is 0 Å². The van der Waals surface area contributed by atoms with Crippen molar-refractivity contribution < 1.29 is 0 Å². The van der Waals surface area contributed by atoms with Gasteiger partial charge in [-0.1, -0.05) is 17.7 Å². The molecule has 2 heteroatoms. The lowest BCUT2D eigenvalue weighted by Crippen LogP contribution is -2.44. The van der Waals surface area contributed by atoms with Gasteiger partial charge in [0.05, 0.1) is 0 Å². The average Bonchev–Trinajstić information content (AvgIpc) is 2.03. The van der Waals surface area contributed by atoms with Crippen molar-refractivity contribution in [3.05, 3.63) is 34.3 Å². The van der Waals surface area contributed by atoms with Crippen LogP contribution in [0, 0.1) is 6.92 Å². The predicted octanol–water partition coefficient (Wildman–Crippen LogP) is 2.55. The molecule has 1 saturated heterocycles. The molecule has 2 rings (SSSR count). The van der Waals surface area contributed by atoms with E-state index in [2.05, 4.69) is 24.4 Å². The van der Waals surface area contributed by atoms with Crippen LogP contribution in [0.2, 0.25) is 5.02 Å². The lowest BCUT2D eigenvalue weighted by molar-refractivity contribution is 0.369. The zero-order valence-corrected chi connectivity index (χ0v) is 8.56. The van der Waals surface area contributed by atoms with Gasteiger partial charge in [-0.15, -0.1) is 0 Å². The van der Waals surface area contributed by atoms with E-state index >= 15 is 0 Å². The van der Waals surface area contributed by atoms with Crippen molar-refractivity contribution in [2.45, 2.75) is 25.8 Å². The highest BCUT2D eigenvalue weighted by atomic mass is 35.5. The van der Waals surface area contributed by atoms with Crippen LogP contribution in [0.25, 0.3) is 0 Å². The summed E-state index contributed by atoms with van der Waals surface area (Å²) in [7, 11) is 0. The first-order valence-corrected chi connectivity index (χ1v) is 5.12. The molecule has 1 nitrogen and oxygen atoms in total. The molecule has 0 radical (unpaired) electrons. The maximum Gasteiger partial charge on any atom is 0.0408 e. The summed E-state index contributed by atoms with van der Waals surface area (Å²) in [5.41, 5.74) is 2.72. The Morgan fingerprint density at radius 1 is 1.54 bits per heavy atom. The summed E-state index contributed by atoms with van der Waals surface area (Å²) >= 11 is 5.94. The number of benzene rings is 1. The minimum Gasteiger partial charge on any atom is -0.314 e. The maximum atomic E-state index is 5.94. The maximum absolute atomic E-state index is 5.94. The number of rotatable bonds is 2. The molecule has 0 aliphatic carbocycles. The summed E-state index contributed by atoms with van der Waals surface area (Å²) in [6, 6.07) is 6.80. The van der Waals surface area contributed by atoms with Crippen molar-refractivity contribution in [3.63, 3.8) is 0 Å². The highest BCUT2D eigenvalue weighted by Crippen LogP contribution is 2.19. The Morgan fingerprint density at radius 2 is 2.31 bits per heavy atom. The van der Waals surface area contributed by atoms with Crippen LogP contribution < -0.4 is 5.32 Å². The molecule has 0 spiro atoms. The molecule has 1 unspecified atom stereocenters. The van der Waals surface area contributed by atoms with E-state index in [9.17, 15) is 0 Å². The lowest BCUT2D eigenvalue weighted by atomic mass is 9.95. The molecule has 1 aliphatic heterocycles. The first-order chi connectivity index (χ1) is 6.25. The van der Waals surface area contributed by atoms with Gasteiger partial charge in [0.25, 0.3) is 0 Å². The second kappa shape index (κ2) is 3.69. The SMILES string of the molecule is Cc1ccc(Cl)cc1CC1CCN1. The van der Waals surface area contributed by atoms with Gasteiger partial charge in [-0.2, -0.15) is 0 Å². The molecule has 1 aliphatic rings. The molecule has 13 heavy (non-hydrogen) atoms. The predicted molar refractivity (Wildman–Crippen MR) is 56.3 cm³/mol. The van der Waals surface area contributed by atoms with E-state index < -0.39 is 0 Å². The molecule has 0 saturated carbocycles. The Balaban J connectivity index is 2.13. The monoisotopic (exact) mass is 195 g/mol. The van der Waals surface area contributed by atoms with Gasteiger partial charge in [0.15, 0.2) is 0 Å². The van der Waals surface area contributed by atoms with Gasteiger partial charge in [0.2, 0.25) is 0 Å². The van der Waals surface area contributed by atoms with E-state index in [1.54, 1.807) is 0 Å². The number of nitrogens with one attached hydrogen (secondary N) is 1. The summed E-state index contributed by atoms with van der Waals surface area (Å²) in [5.74, 6) is 0. The van der Waals surface area contributed by atoms with Crippen molar-refractivity contribution in [1.82, 2.24) is 5.32 Å². The summed E-state index contributed by atoms with van der Waals surface area (Å²) in [6.45, 7) is 3.31. The summed E-state index contributed by atoms with van der Waals surface area (Å²) < 4.78 is 0. The van der Waals surface area contributed by atoms with Gasteiger partial charge in [-0.05, 0) is 49.6 Å². The van der Waals surface area contributed by atoms with Crippen molar-refractivity contribution in [1.29, 1.82) is 0 Å². The molecule has 1 aromatic carbocycles. The summed E-state index contributed by atoms with van der Waals surface area (Å²) in [4.78, 5) is 0. The molecule has 1 fully saturated rings. The molecule has 0 bridgehead atoms. The third kappa shape index (κ3) is 2.04. The van der Waals surface area contributed by atoms with Crippen LogP contribution in [0.5, 0.6) is 0 Å². The number of halogens is 1. The molecule has 1 atom stereocenters. The van der Waals surface area contributed by atoms with Gasteiger partial charge in [-0.3, -0.25) is 0 Å². The molecule has 1 heterocycles.